The third-order valence-electron chi connectivity index (χ3n) is 3.13. The predicted octanol–water partition coefficient (Wildman–Crippen LogP) is 2.31. The molecule has 1 unspecified atom stereocenters. The second kappa shape index (κ2) is 9.52. The normalized spacial score (nSPS) is 12.2. The van der Waals surface area contributed by atoms with Crippen LogP contribution in [0.3, 0.4) is 0 Å². The summed E-state index contributed by atoms with van der Waals surface area (Å²) < 4.78 is 10.7. The van der Waals surface area contributed by atoms with Crippen molar-refractivity contribution in [2.45, 2.75) is 40.3 Å². The minimum atomic E-state index is 0.254. The van der Waals surface area contributed by atoms with Crippen LogP contribution in [0, 0.1) is 0 Å². The molecule has 21 heavy (non-hydrogen) atoms. The van der Waals surface area contributed by atoms with Crippen LogP contribution >= 0.6 is 0 Å². The highest BCUT2D eigenvalue weighted by atomic mass is 16.5. The molecule has 1 aromatic heterocycles. The van der Waals surface area contributed by atoms with Gasteiger partial charge in [0.05, 0.1) is 12.6 Å². The van der Waals surface area contributed by atoms with E-state index in [4.69, 9.17) is 9.47 Å². The summed E-state index contributed by atoms with van der Waals surface area (Å²) in [5, 5.41) is 3.25. The number of nitrogens with one attached hydrogen (secondary N) is 1. The van der Waals surface area contributed by atoms with Crippen molar-refractivity contribution in [3.05, 3.63) is 11.9 Å². The molecule has 0 aliphatic heterocycles. The second-order valence-electron chi connectivity index (χ2n) is 4.79. The van der Waals surface area contributed by atoms with Crippen molar-refractivity contribution in [1.82, 2.24) is 9.97 Å². The van der Waals surface area contributed by atoms with Crippen LogP contribution in [-0.4, -0.2) is 49.4 Å². The fourth-order valence-corrected chi connectivity index (χ4v) is 2.19. The van der Waals surface area contributed by atoms with E-state index in [0.717, 1.165) is 24.7 Å². The highest BCUT2D eigenvalue weighted by molar-refractivity contribution is 5.50. The van der Waals surface area contributed by atoms with Gasteiger partial charge in [-0.1, -0.05) is 0 Å². The average molecular weight is 296 g/mol. The largest absolute Gasteiger partial charge is 0.383 e. The van der Waals surface area contributed by atoms with Gasteiger partial charge in [-0.15, -0.1) is 0 Å². The maximum absolute atomic E-state index is 5.43. The standard InChI is InChI=1S/C15H28N4O2/c1-6-16-13-9-15(18-14(17-13)11-21-8-3)19(7-2)12(4)10-20-5/h9,12H,6-8,10-11H2,1-5H3,(H,16,17,18). The number of hydrogen-bond donors (Lipinski definition) is 1. The van der Waals surface area contributed by atoms with Crippen LogP contribution in [0.2, 0.25) is 0 Å². The molecule has 1 aromatic rings. The number of hydrogen-bond acceptors (Lipinski definition) is 6. The van der Waals surface area contributed by atoms with E-state index >= 15 is 0 Å². The van der Waals surface area contributed by atoms with Crippen molar-refractivity contribution in [2.24, 2.45) is 0 Å². The third-order valence-corrected chi connectivity index (χ3v) is 3.13. The van der Waals surface area contributed by atoms with E-state index in [1.807, 2.05) is 13.0 Å². The summed E-state index contributed by atoms with van der Waals surface area (Å²) in [5.74, 6) is 2.44. The molecule has 6 nitrogen and oxygen atoms in total. The second-order valence-corrected chi connectivity index (χ2v) is 4.79. The molecule has 0 saturated heterocycles. The first-order valence-corrected chi connectivity index (χ1v) is 7.61. The summed E-state index contributed by atoms with van der Waals surface area (Å²) in [5.41, 5.74) is 0. The lowest BCUT2D eigenvalue weighted by Gasteiger charge is -2.29. The van der Waals surface area contributed by atoms with Crippen molar-refractivity contribution in [3.63, 3.8) is 0 Å². The van der Waals surface area contributed by atoms with Crippen molar-refractivity contribution in [1.29, 1.82) is 0 Å². The first kappa shape index (κ1) is 17.7. The fraction of sp³-hybridized carbons (Fsp3) is 0.733. The van der Waals surface area contributed by atoms with Gasteiger partial charge in [0.2, 0.25) is 0 Å². The molecule has 0 saturated carbocycles. The number of rotatable bonds is 10. The zero-order valence-corrected chi connectivity index (χ0v) is 13.8. The van der Waals surface area contributed by atoms with Crippen molar-refractivity contribution in [3.8, 4) is 0 Å². The molecule has 0 aromatic carbocycles. The van der Waals surface area contributed by atoms with Crippen LogP contribution < -0.4 is 10.2 Å². The van der Waals surface area contributed by atoms with Crippen LogP contribution in [0.25, 0.3) is 0 Å². The van der Waals surface area contributed by atoms with Crippen molar-refractivity contribution >= 4 is 11.6 Å². The highest BCUT2D eigenvalue weighted by Gasteiger charge is 2.16. The SMILES string of the molecule is CCNc1cc(N(CC)C(C)COC)nc(COCC)n1. The van der Waals surface area contributed by atoms with E-state index in [2.05, 4.69) is 41.0 Å². The molecule has 6 heteroatoms. The van der Waals surface area contributed by atoms with Gasteiger partial charge in [-0.05, 0) is 27.7 Å². The Hall–Kier alpha value is -1.40. The molecule has 0 amide bonds. The Bertz CT molecular complexity index is 415. The summed E-state index contributed by atoms with van der Waals surface area (Å²) >= 11 is 0. The summed E-state index contributed by atoms with van der Waals surface area (Å²) in [6.45, 7) is 11.7. The van der Waals surface area contributed by atoms with Crippen LogP contribution in [0.15, 0.2) is 6.07 Å². The Morgan fingerprint density at radius 2 is 2.05 bits per heavy atom. The van der Waals surface area contributed by atoms with Gasteiger partial charge in [0.25, 0.3) is 0 Å². The molecular formula is C15H28N4O2. The van der Waals surface area contributed by atoms with Crippen LogP contribution in [0.4, 0.5) is 11.6 Å². The predicted molar refractivity (Wildman–Crippen MR) is 85.9 cm³/mol. The molecular weight excluding hydrogens is 268 g/mol. The van der Waals surface area contributed by atoms with E-state index in [-0.39, 0.29) is 6.04 Å². The van der Waals surface area contributed by atoms with E-state index in [9.17, 15) is 0 Å². The Morgan fingerprint density at radius 1 is 1.29 bits per heavy atom. The first-order chi connectivity index (χ1) is 10.2. The van der Waals surface area contributed by atoms with Gasteiger partial charge in [-0.2, -0.15) is 0 Å². The zero-order chi connectivity index (χ0) is 15.7. The molecule has 1 atom stereocenters. The van der Waals surface area contributed by atoms with E-state index in [1.54, 1.807) is 7.11 Å². The van der Waals surface area contributed by atoms with Crippen molar-refractivity contribution < 1.29 is 9.47 Å². The lowest BCUT2D eigenvalue weighted by molar-refractivity contribution is 0.128. The maximum atomic E-state index is 5.43. The number of anilines is 2. The Labute approximate surface area is 127 Å². The quantitative estimate of drug-likeness (QED) is 0.715. The number of ether oxygens (including phenoxy) is 2. The van der Waals surface area contributed by atoms with Crippen LogP contribution in [-0.2, 0) is 16.1 Å². The molecule has 0 aliphatic carbocycles. The maximum Gasteiger partial charge on any atom is 0.158 e. The van der Waals surface area contributed by atoms with Crippen LogP contribution in [0.5, 0.6) is 0 Å². The summed E-state index contributed by atoms with van der Waals surface area (Å²) in [6, 6.07) is 2.23. The Kier molecular flexibility index (Phi) is 8.00. The molecule has 0 radical (unpaired) electrons. The molecule has 1 heterocycles. The fourth-order valence-electron chi connectivity index (χ4n) is 2.19. The number of likely N-dealkylation sites (N-methyl/N-ethyl adjacent to an activating group) is 1. The lowest BCUT2D eigenvalue weighted by Crippen LogP contribution is -2.37. The van der Waals surface area contributed by atoms with E-state index in [1.165, 1.54) is 0 Å². The summed E-state index contributed by atoms with van der Waals surface area (Å²) in [4.78, 5) is 11.3. The Morgan fingerprint density at radius 3 is 2.62 bits per heavy atom. The van der Waals surface area contributed by atoms with Gasteiger partial charge in [-0.25, -0.2) is 9.97 Å². The van der Waals surface area contributed by atoms with Crippen LogP contribution in [0.1, 0.15) is 33.5 Å². The van der Waals surface area contributed by atoms with E-state index in [0.29, 0.717) is 25.6 Å². The molecule has 0 aliphatic rings. The Balaban J connectivity index is 3.03. The molecule has 1 rings (SSSR count). The van der Waals surface area contributed by atoms with Gasteiger partial charge in [0.1, 0.15) is 18.2 Å². The molecule has 120 valence electrons. The smallest absolute Gasteiger partial charge is 0.158 e. The first-order valence-electron chi connectivity index (χ1n) is 7.61. The number of nitrogens with zero attached hydrogens (tertiary/aromatic N) is 3. The lowest BCUT2D eigenvalue weighted by atomic mass is 10.3. The average Bonchev–Trinajstić information content (AvgIpc) is 2.46. The van der Waals surface area contributed by atoms with Gasteiger partial charge in [-0.3, -0.25) is 0 Å². The van der Waals surface area contributed by atoms with Gasteiger partial charge >= 0.3 is 0 Å². The zero-order valence-electron chi connectivity index (χ0n) is 13.8. The molecule has 0 spiro atoms. The van der Waals surface area contributed by atoms with E-state index < -0.39 is 0 Å². The minimum absolute atomic E-state index is 0.254. The third kappa shape index (κ3) is 5.47. The highest BCUT2D eigenvalue weighted by Crippen LogP contribution is 2.19. The molecule has 0 bridgehead atoms. The number of methoxy groups -OCH3 is 1. The molecule has 0 fully saturated rings. The molecule has 1 N–H and O–H groups in total. The minimum Gasteiger partial charge on any atom is -0.383 e. The van der Waals surface area contributed by atoms with Gasteiger partial charge in [0.15, 0.2) is 5.82 Å². The summed E-state index contributed by atoms with van der Waals surface area (Å²) in [6.07, 6.45) is 0. The van der Waals surface area contributed by atoms with Crippen molar-refractivity contribution in [2.75, 3.05) is 43.6 Å². The van der Waals surface area contributed by atoms with Gasteiger partial charge < -0.3 is 19.7 Å². The summed E-state index contributed by atoms with van der Waals surface area (Å²) in [7, 11) is 1.72. The number of aromatic nitrogens is 2. The van der Waals surface area contributed by atoms with Gasteiger partial charge in [0, 0.05) is 32.9 Å². The topological polar surface area (TPSA) is 59.5 Å². The monoisotopic (exact) mass is 296 g/mol.